The van der Waals surface area contributed by atoms with E-state index < -0.39 is 0 Å². The van der Waals surface area contributed by atoms with Crippen molar-refractivity contribution in [3.05, 3.63) is 0 Å². The number of rotatable bonds is 7. The summed E-state index contributed by atoms with van der Waals surface area (Å²) in [5, 5.41) is 2.79. The van der Waals surface area contributed by atoms with E-state index in [9.17, 15) is 4.79 Å². The third-order valence-electron chi connectivity index (χ3n) is 2.22. The van der Waals surface area contributed by atoms with Crippen molar-refractivity contribution in [1.29, 1.82) is 0 Å². The molecule has 0 aliphatic heterocycles. The molecule has 0 saturated carbocycles. The largest absolute Gasteiger partial charge is 0.383 e. The van der Waals surface area contributed by atoms with E-state index in [1.54, 1.807) is 7.11 Å². The van der Waals surface area contributed by atoms with Crippen molar-refractivity contribution in [3.8, 4) is 0 Å². The van der Waals surface area contributed by atoms with Gasteiger partial charge in [-0.05, 0) is 20.9 Å². The third kappa shape index (κ3) is 6.43. The van der Waals surface area contributed by atoms with Crippen LogP contribution in [-0.2, 0) is 9.53 Å². The molecule has 5 nitrogen and oxygen atoms in total. The number of hydrogen-bond donors (Lipinski definition) is 2. The van der Waals surface area contributed by atoms with E-state index in [0.717, 1.165) is 0 Å². The molecule has 5 heteroatoms. The first-order valence-corrected chi connectivity index (χ1v) is 5.21. The van der Waals surface area contributed by atoms with Gasteiger partial charge in [-0.2, -0.15) is 0 Å². The van der Waals surface area contributed by atoms with Crippen LogP contribution >= 0.6 is 0 Å². The van der Waals surface area contributed by atoms with Crippen molar-refractivity contribution in [2.45, 2.75) is 25.9 Å². The van der Waals surface area contributed by atoms with Crippen molar-refractivity contribution in [2.75, 3.05) is 33.9 Å². The van der Waals surface area contributed by atoms with Crippen LogP contribution in [-0.4, -0.2) is 56.7 Å². The normalized spacial score (nSPS) is 15.1. The molecular formula is C10H23N3O2. The Morgan fingerprint density at radius 3 is 2.60 bits per heavy atom. The molecule has 0 aromatic heterocycles. The van der Waals surface area contributed by atoms with Crippen LogP contribution in [0.1, 0.15) is 13.8 Å². The van der Waals surface area contributed by atoms with Crippen LogP contribution < -0.4 is 11.1 Å². The zero-order valence-electron chi connectivity index (χ0n) is 10.1. The van der Waals surface area contributed by atoms with Crippen LogP contribution in [0.25, 0.3) is 0 Å². The van der Waals surface area contributed by atoms with Gasteiger partial charge < -0.3 is 15.8 Å². The Morgan fingerprint density at radius 2 is 2.13 bits per heavy atom. The van der Waals surface area contributed by atoms with Crippen LogP contribution in [0.2, 0.25) is 0 Å². The lowest BCUT2D eigenvalue weighted by atomic mass is 10.2. The summed E-state index contributed by atoms with van der Waals surface area (Å²) in [5.41, 5.74) is 5.66. The van der Waals surface area contributed by atoms with E-state index in [0.29, 0.717) is 19.7 Å². The molecule has 90 valence electrons. The summed E-state index contributed by atoms with van der Waals surface area (Å²) < 4.78 is 4.85. The van der Waals surface area contributed by atoms with Gasteiger partial charge in [-0.3, -0.25) is 9.69 Å². The Balaban J connectivity index is 3.85. The lowest BCUT2D eigenvalue weighted by Crippen LogP contribution is -2.47. The minimum absolute atomic E-state index is 0.00944. The molecule has 0 spiro atoms. The van der Waals surface area contributed by atoms with Gasteiger partial charge in [0.1, 0.15) is 0 Å². The molecule has 0 heterocycles. The highest BCUT2D eigenvalue weighted by Gasteiger charge is 2.17. The molecule has 0 bridgehead atoms. The standard InChI is InChI=1S/C10H23N3O2/c1-8(11)7-13(3)9(2)10(14)12-5-6-15-4/h8-9H,5-7,11H2,1-4H3,(H,12,14). The SMILES string of the molecule is COCCNC(=O)C(C)N(C)CC(C)N. The van der Waals surface area contributed by atoms with Gasteiger partial charge in [-0.25, -0.2) is 0 Å². The maximum atomic E-state index is 11.6. The number of nitrogens with one attached hydrogen (secondary N) is 1. The van der Waals surface area contributed by atoms with Crippen molar-refractivity contribution >= 4 is 5.91 Å². The fraction of sp³-hybridized carbons (Fsp3) is 0.900. The van der Waals surface area contributed by atoms with Crippen molar-refractivity contribution in [1.82, 2.24) is 10.2 Å². The molecule has 0 aromatic rings. The summed E-state index contributed by atoms with van der Waals surface area (Å²) >= 11 is 0. The van der Waals surface area contributed by atoms with E-state index in [1.165, 1.54) is 0 Å². The second-order valence-electron chi connectivity index (χ2n) is 3.88. The molecule has 15 heavy (non-hydrogen) atoms. The summed E-state index contributed by atoms with van der Waals surface area (Å²) in [4.78, 5) is 13.5. The summed E-state index contributed by atoms with van der Waals surface area (Å²) in [6.45, 7) is 5.58. The van der Waals surface area contributed by atoms with Gasteiger partial charge in [0.05, 0.1) is 12.6 Å². The highest BCUT2D eigenvalue weighted by atomic mass is 16.5. The van der Waals surface area contributed by atoms with Crippen molar-refractivity contribution in [2.24, 2.45) is 5.73 Å². The minimum atomic E-state index is -0.159. The van der Waals surface area contributed by atoms with Gasteiger partial charge in [0, 0.05) is 26.2 Å². The molecule has 0 aliphatic carbocycles. The first-order valence-electron chi connectivity index (χ1n) is 5.21. The Morgan fingerprint density at radius 1 is 1.53 bits per heavy atom. The molecule has 2 atom stereocenters. The highest BCUT2D eigenvalue weighted by molar-refractivity contribution is 5.81. The minimum Gasteiger partial charge on any atom is -0.383 e. The number of ether oxygens (including phenoxy) is 1. The smallest absolute Gasteiger partial charge is 0.237 e. The van der Waals surface area contributed by atoms with E-state index >= 15 is 0 Å². The Bertz CT molecular complexity index is 186. The monoisotopic (exact) mass is 217 g/mol. The average molecular weight is 217 g/mol. The number of methoxy groups -OCH3 is 1. The molecule has 3 N–H and O–H groups in total. The second kappa shape index (κ2) is 7.62. The summed E-state index contributed by atoms with van der Waals surface area (Å²) in [7, 11) is 3.50. The lowest BCUT2D eigenvalue weighted by Gasteiger charge is -2.25. The molecule has 2 unspecified atom stereocenters. The van der Waals surface area contributed by atoms with E-state index in [1.807, 2.05) is 25.8 Å². The molecular weight excluding hydrogens is 194 g/mol. The number of likely N-dealkylation sites (N-methyl/N-ethyl adjacent to an activating group) is 1. The van der Waals surface area contributed by atoms with Gasteiger partial charge in [-0.15, -0.1) is 0 Å². The fourth-order valence-corrected chi connectivity index (χ4v) is 1.24. The Labute approximate surface area is 91.9 Å². The van der Waals surface area contributed by atoms with Crippen LogP contribution in [0.3, 0.4) is 0 Å². The fourth-order valence-electron chi connectivity index (χ4n) is 1.24. The lowest BCUT2D eigenvalue weighted by molar-refractivity contribution is -0.125. The van der Waals surface area contributed by atoms with Crippen molar-refractivity contribution < 1.29 is 9.53 Å². The first kappa shape index (κ1) is 14.3. The van der Waals surface area contributed by atoms with Gasteiger partial charge in [0.15, 0.2) is 0 Å². The topological polar surface area (TPSA) is 67.6 Å². The molecule has 0 rings (SSSR count). The molecule has 0 aromatic carbocycles. The first-order chi connectivity index (χ1) is 6.99. The summed E-state index contributed by atoms with van der Waals surface area (Å²) in [6, 6.07) is -0.0860. The molecule has 0 aliphatic rings. The highest BCUT2D eigenvalue weighted by Crippen LogP contribution is 1.96. The predicted octanol–water partition coefficient (Wildman–Crippen LogP) is -0.583. The van der Waals surface area contributed by atoms with E-state index in [-0.39, 0.29) is 18.0 Å². The second-order valence-corrected chi connectivity index (χ2v) is 3.88. The maximum Gasteiger partial charge on any atom is 0.237 e. The van der Waals surface area contributed by atoms with Crippen LogP contribution in [0, 0.1) is 0 Å². The van der Waals surface area contributed by atoms with E-state index in [2.05, 4.69) is 5.32 Å². The van der Waals surface area contributed by atoms with Gasteiger partial charge in [-0.1, -0.05) is 0 Å². The molecule has 0 radical (unpaired) electrons. The average Bonchev–Trinajstić information content (AvgIpc) is 2.15. The number of amides is 1. The summed E-state index contributed by atoms with van der Waals surface area (Å²) in [5.74, 6) is 0.00944. The zero-order chi connectivity index (χ0) is 11.8. The van der Waals surface area contributed by atoms with Gasteiger partial charge in [0.2, 0.25) is 5.91 Å². The quantitative estimate of drug-likeness (QED) is 0.560. The zero-order valence-corrected chi connectivity index (χ0v) is 10.1. The molecule has 0 fully saturated rings. The van der Waals surface area contributed by atoms with Gasteiger partial charge >= 0.3 is 0 Å². The third-order valence-corrected chi connectivity index (χ3v) is 2.22. The van der Waals surface area contributed by atoms with E-state index in [4.69, 9.17) is 10.5 Å². The summed E-state index contributed by atoms with van der Waals surface area (Å²) in [6.07, 6.45) is 0. The van der Waals surface area contributed by atoms with Crippen molar-refractivity contribution in [3.63, 3.8) is 0 Å². The number of carbonyl (C=O) groups is 1. The Hall–Kier alpha value is -0.650. The number of carbonyl (C=O) groups excluding carboxylic acids is 1. The van der Waals surface area contributed by atoms with Crippen LogP contribution in [0.5, 0.6) is 0 Å². The number of hydrogen-bond acceptors (Lipinski definition) is 4. The molecule has 0 saturated heterocycles. The predicted molar refractivity (Wildman–Crippen MR) is 60.6 cm³/mol. The van der Waals surface area contributed by atoms with Crippen LogP contribution in [0.4, 0.5) is 0 Å². The van der Waals surface area contributed by atoms with Crippen LogP contribution in [0.15, 0.2) is 0 Å². The number of nitrogens with two attached hydrogens (primary N) is 1. The maximum absolute atomic E-state index is 11.6. The number of nitrogens with zero attached hydrogens (tertiary/aromatic N) is 1. The molecule has 1 amide bonds. The Kier molecular flexibility index (Phi) is 7.29. The van der Waals surface area contributed by atoms with Gasteiger partial charge in [0.25, 0.3) is 0 Å².